The molecule has 1 fully saturated rings. The minimum atomic E-state index is -3.77. The van der Waals surface area contributed by atoms with Crippen LogP contribution in [0, 0.1) is 10.1 Å². The fourth-order valence-corrected chi connectivity index (χ4v) is 4.24. The molecule has 0 atom stereocenters. The van der Waals surface area contributed by atoms with Gasteiger partial charge in [0.2, 0.25) is 14.9 Å². The zero-order chi connectivity index (χ0) is 13.3. The average Bonchev–Trinajstić information content (AvgIpc) is 2.82. The van der Waals surface area contributed by atoms with Gasteiger partial charge in [-0.25, -0.2) is 13.4 Å². The van der Waals surface area contributed by atoms with Gasteiger partial charge in [0.1, 0.15) is 5.15 Å². The molecule has 1 saturated carbocycles. The monoisotopic (exact) mass is 290 g/mol. The average molecular weight is 291 g/mol. The smallest absolute Gasteiger partial charge is 0.258 e. The van der Waals surface area contributed by atoms with Crippen molar-refractivity contribution in [1.82, 2.24) is 4.98 Å². The summed E-state index contributed by atoms with van der Waals surface area (Å²) in [5.74, 6) is 0. The maximum absolute atomic E-state index is 12.3. The summed E-state index contributed by atoms with van der Waals surface area (Å²) in [4.78, 5) is 13.8. The Morgan fingerprint density at radius 3 is 2.50 bits per heavy atom. The van der Waals surface area contributed by atoms with Crippen LogP contribution >= 0.6 is 11.6 Å². The van der Waals surface area contributed by atoms with E-state index in [2.05, 4.69) is 4.98 Å². The summed E-state index contributed by atoms with van der Waals surface area (Å²) in [6.07, 6.45) is 2.68. The maximum Gasteiger partial charge on any atom is 0.306 e. The summed E-state index contributed by atoms with van der Waals surface area (Å²) < 4.78 is 24.6. The molecule has 1 heterocycles. The lowest BCUT2D eigenvalue weighted by molar-refractivity contribution is -0.388. The van der Waals surface area contributed by atoms with Gasteiger partial charge in [-0.2, -0.15) is 0 Å². The van der Waals surface area contributed by atoms with Crippen LogP contribution in [0.1, 0.15) is 25.7 Å². The lowest BCUT2D eigenvalue weighted by Crippen LogP contribution is -2.20. The minimum absolute atomic E-state index is 0.0582. The van der Waals surface area contributed by atoms with Gasteiger partial charge >= 0.3 is 5.69 Å². The summed E-state index contributed by atoms with van der Waals surface area (Å²) in [5, 5.41) is 9.71. The fourth-order valence-electron chi connectivity index (χ4n) is 2.12. The van der Waals surface area contributed by atoms with Crippen LogP contribution < -0.4 is 0 Å². The Morgan fingerprint density at radius 1 is 1.33 bits per heavy atom. The number of aromatic nitrogens is 1. The topological polar surface area (TPSA) is 90.2 Å². The van der Waals surface area contributed by atoms with Crippen LogP contribution in [0.15, 0.2) is 17.2 Å². The molecule has 6 nitrogen and oxygen atoms in total. The molecule has 0 aliphatic heterocycles. The first-order valence-electron chi connectivity index (χ1n) is 5.48. The van der Waals surface area contributed by atoms with Crippen molar-refractivity contribution in [1.29, 1.82) is 0 Å². The summed E-state index contributed by atoms with van der Waals surface area (Å²) >= 11 is 5.64. The van der Waals surface area contributed by atoms with E-state index in [1.165, 1.54) is 6.07 Å². The van der Waals surface area contributed by atoms with E-state index in [-0.39, 0.29) is 5.15 Å². The van der Waals surface area contributed by atoms with E-state index in [0.29, 0.717) is 12.8 Å². The normalized spacial score (nSPS) is 16.9. The van der Waals surface area contributed by atoms with E-state index in [0.717, 1.165) is 18.9 Å². The number of sulfone groups is 1. The Kier molecular flexibility index (Phi) is 3.54. The van der Waals surface area contributed by atoms with Crippen molar-refractivity contribution in [2.75, 3.05) is 0 Å². The highest BCUT2D eigenvalue weighted by atomic mass is 35.5. The number of rotatable bonds is 3. The molecule has 0 aromatic carbocycles. The molecule has 0 bridgehead atoms. The van der Waals surface area contributed by atoms with E-state index >= 15 is 0 Å². The summed E-state index contributed by atoms with van der Waals surface area (Å²) in [5.41, 5.74) is -0.508. The Morgan fingerprint density at radius 2 is 1.94 bits per heavy atom. The lowest BCUT2D eigenvalue weighted by Gasteiger charge is -2.10. The van der Waals surface area contributed by atoms with Crippen LogP contribution in [-0.2, 0) is 9.84 Å². The highest BCUT2D eigenvalue weighted by Crippen LogP contribution is 2.33. The lowest BCUT2D eigenvalue weighted by atomic mass is 10.4. The number of hydrogen-bond acceptors (Lipinski definition) is 5. The molecule has 8 heteroatoms. The minimum Gasteiger partial charge on any atom is -0.258 e. The summed E-state index contributed by atoms with van der Waals surface area (Å²) in [6.45, 7) is 0. The van der Waals surface area contributed by atoms with Crippen LogP contribution in [-0.4, -0.2) is 23.6 Å². The van der Waals surface area contributed by atoms with Crippen molar-refractivity contribution in [2.45, 2.75) is 36.0 Å². The molecule has 98 valence electrons. The van der Waals surface area contributed by atoms with Crippen molar-refractivity contribution in [3.05, 3.63) is 27.4 Å². The predicted octanol–water partition coefficient (Wildman–Crippen LogP) is 2.36. The van der Waals surface area contributed by atoms with Gasteiger partial charge in [0.25, 0.3) is 0 Å². The molecule has 0 saturated heterocycles. The molecule has 0 spiro atoms. The Bertz CT molecular complexity index is 582. The Balaban J connectivity index is 2.55. The van der Waals surface area contributed by atoms with Crippen molar-refractivity contribution in [3.63, 3.8) is 0 Å². The van der Waals surface area contributed by atoms with Crippen LogP contribution in [0.4, 0.5) is 5.69 Å². The van der Waals surface area contributed by atoms with Crippen LogP contribution in [0.3, 0.4) is 0 Å². The first-order chi connectivity index (χ1) is 8.43. The van der Waals surface area contributed by atoms with Gasteiger partial charge in [-0.15, -0.1) is 0 Å². The second-order valence-corrected chi connectivity index (χ2v) is 6.70. The molecule has 0 radical (unpaired) electrons. The van der Waals surface area contributed by atoms with E-state index < -0.39 is 30.7 Å². The molecule has 18 heavy (non-hydrogen) atoms. The molecule has 0 unspecified atom stereocenters. The van der Waals surface area contributed by atoms with Gasteiger partial charge in [0.05, 0.1) is 10.2 Å². The van der Waals surface area contributed by atoms with E-state index in [1.54, 1.807) is 0 Å². The molecule has 2 rings (SSSR count). The first kappa shape index (κ1) is 13.2. The Hall–Kier alpha value is -1.21. The number of pyridine rings is 1. The molecule has 1 aliphatic carbocycles. The van der Waals surface area contributed by atoms with Crippen molar-refractivity contribution in [3.8, 4) is 0 Å². The van der Waals surface area contributed by atoms with Gasteiger partial charge < -0.3 is 0 Å². The van der Waals surface area contributed by atoms with Gasteiger partial charge in [0, 0.05) is 6.07 Å². The van der Waals surface area contributed by atoms with E-state index in [1.807, 2.05) is 0 Å². The SMILES string of the molecule is O=[N+]([O-])c1ccc(Cl)nc1S(=O)(=O)C1CCCC1. The Labute approximate surface area is 109 Å². The first-order valence-corrected chi connectivity index (χ1v) is 7.40. The van der Waals surface area contributed by atoms with Crippen molar-refractivity contribution >= 4 is 27.1 Å². The number of halogens is 1. The zero-order valence-electron chi connectivity index (χ0n) is 9.37. The summed E-state index contributed by atoms with van der Waals surface area (Å²) in [7, 11) is -3.77. The molecular weight excluding hydrogens is 280 g/mol. The molecule has 1 aromatic rings. The van der Waals surface area contributed by atoms with Crippen LogP contribution in [0.25, 0.3) is 0 Å². The highest BCUT2D eigenvalue weighted by molar-refractivity contribution is 7.92. The van der Waals surface area contributed by atoms with Crippen LogP contribution in [0.2, 0.25) is 5.15 Å². The molecule has 1 aromatic heterocycles. The number of nitro groups is 1. The van der Waals surface area contributed by atoms with Crippen LogP contribution in [0.5, 0.6) is 0 Å². The molecule has 1 aliphatic rings. The third-order valence-corrected chi connectivity index (χ3v) is 5.41. The zero-order valence-corrected chi connectivity index (χ0v) is 10.9. The fraction of sp³-hybridized carbons (Fsp3) is 0.500. The predicted molar refractivity (Wildman–Crippen MR) is 65.3 cm³/mol. The molecule has 0 N–H and O–H groups in total. The summed E-state index contributed by atoms with van der Waals surface area (Å²) in [6, 6.07) is 2.30. The third kappa shape index (κ3) is 2.32. The third-order valence-electron chi connectivity index (χ3n) is 3.01. The van der Waals surface area contributed by atoms with Gasteiger partial charge in [-0.3, -0.25) is 10.1 Å². The second-order valence-electron chi connectivity index (χ2n) is 4.17. The quantitative estimate of drug-likeness (QED) is 0.484. The van der Waals surface area contributed by atoms with Crippen molar-refractivity contribution in [2.24, 2.45) is 0 Å². The van der Waals surface area contributed by atoms with Gasteiger partial charge in [-0.05, 0) is 18.9 Å². The highest BCUT2D eigenvalue weighted by Gasteiger charge is 2.36. The standard InChI is InChI=1S/C10H11ClN2O4S/c11-9-6-5-8(13(14)15)10(12-9)18(16,17)7-3-1-2-4-7/h5-7H,1-4H2. The largest absolute Gasteiger partial charge is 0.306 e. The maximum atomic E-state index is 12.3. The molecular formula is C10H11ClN2O4S. The van der Waals surface area contributed by atoms with E-state index in [9.17, 15) is 18.5 Å². The van der Waals surface area contributed by atoms with Crippen molar-refractivity contribution < 1.29 is 13.3 Å². The second kappa shape index (κ2) is 4.81. The van der Waals surface area contributed by atoms with E-state index in [4.69, 9.17) is 11.6 Å². The number of nitrogens with zero attached hydrogens (tertiary/aromatic N) is 2. The van der Waals surface area contributed by atoms with Gasteiger partial charge in [0.15, 0.2) is 0 Å². The molecule has 0 amide bonds. The van der Waals surface area contributed by atoms with Gasteiger partial charge in [-0.1, -0.05) is 24.4 Å². The number of hydrogen-bond donors (Lipinski definition) is 0.